The van der Waals surface area contributed by atoms with Crippen molar-refractivity contribution < 1.29 is 8.42 Å². The van der Waals surface area contributed by atoms with Gasteiger partial charge in [-0.05, 0) is 26.1 Å². The minimum absolute atomic E-state index is 0. The largest absolute Gasteiger partial charge is 0.318 e. The van der Waals surface area contributed by atoms with Crippen LogP contribution in [0.15, 0.2) is 23.2 Å². The van der Waals surface area contributed by atoms with Gasteiger partial charge in [0.1, 0.15) is 4.90 Å². The lowest BCUT2D eigenvalue weighted by Gasteiger charge is -2.05. The minimum Gasteiger partial charge on any atom is -0.318 e. The predicted molar refractivity (Wildman–Crippen MR) is 65.3 cm³/mol. The third-order valence-electron chi connectivity index (χ3n) is 1.86. The van der Waals surface area contributed by atoms with E-state index in [4.69, 9.17) is 0 Å². The number of halogens is 1. The lowest BCUT2D eigenvalue weighted by Crippen LogP contribution is -2.30. The van der Waals surface area contributed by atoms with Gasteiger partial charge in [0.2, 0.25) is 10.0 Å². The fourth-order valence-corrected chi connectivity index (χ4v) is 1.98. The summed E-state index contributed by atoms with van der Waals surface area (Å²) in [4.78, 5) is 4.14. The van der Waals surface area contributed by atoms with Crippen molar-refractivity contribution in [2.75, 3.05) is 20.1 Å². The number of sulfonamides is 1. The summed E-state index contributed by atoms with van der Waals surface area (Å²) in [5, 5.41) is 2.86. The summed E-state index contributed by atoms with van der Waals surface area (Å²) >= 11 is 0. The SMILES string of the molecule is CNCCNS(=O)(=O)c1ccc(C)nc1.Cl. The molecule has 1 heterocycles. The first-order chi connectivity index (χ1) is 7.06. The van der Waals surface area contributed by atoms with E-state index in [1.165, 1.54) is 6.20 Å². The average Bonchev–Trinajstić information content (AvgIpc) is 2.18. The first-order valence-electron chi connectivity index (χ1n) is 4.63. The summed E-state index contributed by atoms with van der Waals surface area (Å²) in [6.45, 7) is 2.77. The highest BCUT2D eigenvalue weighted by molar-refractivity contribution is 7.89. The number of pyridine rings is 1. The molecule has 1 aromatic heterocycles. The van der Waals surface area contributed by atoms with Gasteiger partial charge in [0, 0.05) is 25.0 Å². The molecule has 0 saturated heterocycles. The molecule has 0 aliphatic heterocycles. The number of likely N-dealkylation sites (N-methyl/N-ethyl adjacent to an activating group) is 1. The zero-order valence-corrected chi connectivity index (χ0v) is 10.9. The summed E-state index contributed by atoms with van der Waals surface area (Å²) < 4.78 is 25.7. The maximum Gasteiger partial charge on any atom is 0.242 e. The molecule has 0 fully saturated rings. The van der Waals surface area contributed by atoms with Crippen LogP contribution in [0.2, 0.25) is 0 Å². The van der Waals surface area contributed by atoms with Crippen LogP contribution in [0.3, 0.4) is 0 Å². The Balaban J connectivity index is 0.00000225. The smallest absolute Gasteiger partial charge is 0.242 e. The Morgan fingerprint density at radius 1 is 1.31 bits per heavy atom. The van der Waals surface area contributed by atoms with Crippen molar-refractivity contribution in [2.45, 2.75) is 11.8 Å². The van der Waals surface area contributed by atoms with Gasteiger partial charge in [-0.1, -0.05) is 0 Å². The molecule has 1 rings (SSSR count). The molecule has 0 aliphatic carbocycles. The Hall–Kier alpha value is -0.690. The Labute approximate surface area is 102 Å². The fraction of sp³-hybridized carbons (Fsp3) is 0.444. The van der Waals surface area contributed by atoms with Crippen molar-refractivity contribution in [1.29, 1.82) is 0 Å². The Morgan fingerprint density at radius 3 is 2.50 bits per heavy atom. The molecule has 2 N–H and O–H groups in total. The standard InChI is InChI=1S/C9H15N3O2S.ClH/c1-8-3-4-9(7-11-8)15(13,14)12-6-5-10-2;/h3-4,7,10,12H,5-6H2,1-2H3;1H. The zero-order valence-electron chi connectivity index (χ0n) is 9.23. The number of nitrogens with one attached hydrogen (secondary N) is 2. The highest BCUT2D eigenvalue weighted by atomic mass is 35.5. The van der Waals surface area contributed by atoms with Crippen molar-refractivity contribution in [3.05, 3.63) is 24.0 Å². The second kappa shape index (κ2) is 6.80. The number of hydrogen-bond donors (Lipinski definition) is 2. The van der Waals surface area contributed by atoms with E-state index in [0.29, 0.717) is 13.1 Å². The normalized spacial score (nSPS) is 10.9. The average molecular weight is 266 g/mol. The Morgan fingerprint density at radius 2 is 2.00 bits per heavy atom. The molecule has 0 spiro atoms. The summed E-state index contributed by atoms with van der Waals surface area (Å²) in [7, 11) is -1.64. The molecular weight excluding hydrogens is 250 g/mol. The maximum atomic E-state index is 11.6. The summed E-state index contributed by atoms with van der Waals surface area (Å²) in [5.74, 6) is 0. The second-order valence-corrected chi connectivity index (χ2v) is 4.90. The molecule has 0 atom stereocenters. The van der Waals surface area contributed by atoms with Crippen LogP contribution in [0.5, 0.6) is 0 Å². The molecule has 0 radical (unpaired) electrons. The molecule has 7 heteroatoms. The van der Waals surface area contributed by atoms with Gasteiger partial charge in [-0.25, -0.2) is 13.1 Å². The third kappa shape index (κ3) is 4.44. The van der Waals surface area contributed by atoms with Crippen LogP contribution in [0.4, 0.5) is 0 Å². The van der Waals surface area contributed by atoms with Gasteiger partial charge >= 0.3 is 0 Å². The molecule has 0 aromatic carbocycles. The quantitative estimate of drug-likeness (QED) is 0.752. The molecule has 0 unspecified atom stereocenters. The molecular formula is C9H16ClN3O2S. The summed E-state index contributed by atoms with van der Waals surface area (Å²) in [5.41, 5.74) is 0.796. The van der Waals surface area contributed by atoms with Crippen LogP contribution in [0, 0.1) is 6.92 Å². The molecule has 5 nitrogen and oxygen atoms in total. The van der Waals surface area contributed by atoms with E-state index in [2.05, 4.69) is 15.0 Å². The topological polar surface area (TPSA) is 71.1 Å². The Kier molecular flexibility index (Phi) is 6.51. The zero-order chi connectivity index (χ0) is 11.3. The second-order valence-electron chi connectivity index (χ2n) is 3.14. The number of aromatic nitrogens is 1. The maximum absolute atomic E-state index is 11.6. The fourth-order valence-electron chi connectivity index (χ4n) is 1.01. The van der Waals surface area contributed by atoms with Crippen molar-refractivity contribution in [2.24, 2.45) is 0 Å². The molecule has 0 aliphatic rings. The molecule has 0 saturated carbocycles. The van der Waals surface area contributed by atoms with Gasteiger partial charge < -0.3 is 5.32 Å². The number of rotatable bonds is 5. The number of hydrogen-bond acceptors (Lipinski definition) is 4. The minimum atomic E-state index is -3.40. The predicted octanol–water partition coefficient (Wildman–Crippen LogP) is 0.310. The first-order valence-corrected chi connectivity index (χ1v) is 6.11. The molecule has 0 amide bonds. The van der Waals surface area contributed by atoms with Gasteiger partial charge in [0.15, 0.2) is 0 Å². The van der Waals surface area contributed by atoms with E-state index in [9.17, 15) is 8.42 Å². The van der Waals surface area contributed by atoms with Gasteiger partial charge in [0.25, 0.3) is 0 Å². The van der Waals surface area contributed by atoms with E-state index in [1.54, 1.807) is 19.2 Å². The molecule has 0 bridgehead atoms. The van der Waals surface area contributed by atoms with Crippen molar-refractivity contribution in [1.82, 2.24) is 15.0 Å². The first kappa shape index (κ1) is 15.3. The number of aryl methyl sites for hydroxylation is 1. The Bertz CT molecular complexity index is 405. The van der Waals surface area contributed by atoms with E-state index >= 15 is 0 Å². The van der Waals surface area contributed by atoms with Crippen LogP contribution in [-0.4, -0.2) is 33.5 Å². The highest BCUT2D eigenvalue weighted by Crippen LogP contribution is 2.06. The van der Waals surface area contributed by atoms with Crippen molar-refractivity contribution >= 4 is 22.4 Å². The molecule has 92 valence electrons. The van der Waals surface area contributed by atoms with E-state index in [0.717, 1.165) is 5.69 Å². The van der Waals surface area contributed by atoms with Gasteiger partial charge in [-0.3, -0.25) is 4.98 Å². The monoisotopic (exact) mass is 265 g/mol. The van der Waals surface area contributed by atoms with Crippen molar-refractivity contribution in [3.8, 4) is 0 Å². The van der Waals surface area contributed by atoms with E-state index in [1.807, 2.05) is 6.92 Å². The molecule has 1 aromatic rings. The van der Waals surface area contributed by atoms with Crippen LogP contribution in [-0.2, 0) is 10.0 Å². The van der Waals surface area contributed by atoms with Gasteiger partial charge in [0.05, 0.1) is 0 Å². The van der Waals surface area contributed by atoms with Crippen LogP contribution in [0.1, 0.15) is 5.69 Å². The van der Waals surface area contributed by atoms with Gasteiger partial charge in [-0.2, -0.15) is 0 Å². The van der Waals surface area contributed by atoms with Crippen LogP contribution >= 0.6 is 12.4 Å². The lowest BCUT2D eigenvalue weighted by molar-refractivity contribution is 0.579. The third-order valence-corrected chi connectivity index (χ3v) is 3.31. The lowest BCUT2D eigenvalue weighted by atomic mass is 10.4. The summed E-state index contributed by atoms with van der Waals surface area (Å²) in [6.07, 6.45) is 1.36. The van der Waals surface area contributed by atoms with E-state index in [-0.39, 0.29) is 17.3 Å². The summed E-state index contributed by atoms with van der Waals surface area (Å²) in [6, 6.07) is 3.22. The van der Waals surface area contributed by atoms with Gasteiger partial charge in [-0.15, -0.1) is 12.4 Å². The van der Waals surface area contributed by atoms with Crippen LogP contribution < -0.4 is 10.0 Å². The van der Waals surface area contributed by atoms with E-state index < -0.39 is 10.0 Å². The van der Waals surface area contributed by atoms with Crippen LogP contribution in [0.25, 0.3) is 0 Å². The molecule has 16 heavy (non-hydrogen) atoms. The highest BCUT2D eigenvalue weighted by Gasteiger charge is 2.12. The number of nitrogens with zero attached hydrogens (tertiary/aromatic N) is 1. The van der Waals surface area contributed by atoms with Crippen molar-refractivity contribution in [3.63, 3.8) is 0 Å².